The molecule has 1 aromatic rings. The van der Waals surface area contributed by atoms with E-state index in [-0.39, 0.29) is 11.7 Å². The first-order valence-corrected chi connectivity index (χ1v) is 8.37. The van der Waals surface area contributed by atoms with Gasteiger partial charge in [0.1, 0.15) is 5.92 Å². The highest BCUT2D eigenvalue weighted by atomic mass is 35.5. The Labute approximate surface area is 141 Å². The van der Waals surface area contributed by atoms with Gasteiger partial charge in [0, 0.05) is 18.7 Å². The summed E-state index contributed by atoms with van der Waals surface area (Å²) < 4.78 is 10.9. The summed E-state index contributed by atoms with van der Waals surface area (Å²) in [4.78, 5) is 25.6. The number of hydrogen-bond donors (Lipinski definition) is 0. The highest BCUT2D eigenvalue weighted by Gasteiger charge is 2.57. The van der Waals surface area contributed by atoms with E-state index in [1.165, 1.54) is 0 Å². The lowest BCUT2D eigenvalue weighted by atomic mass is 9.73. The van der Waals surface area contributed by atoms with Crippen LogP contribution in [0.1, 0.15) is 42.7 Å². The van der Waals surface area contributed by atoms with E-state index in [9.17, 15) is 9.59 Å². The van der Waals surface area contributed by atoms with Gasteiger partial charge in [-0.2, -0.15) is 0 Å². The number of ether oxygens (including phenoxy) is 2. The second kappa shape index (κ2) is 6.25. The Bertz CT molecular complexity index is 620. The molecular formula is C18H21ClO4. The summed E-state index contributed by atoms with van der Waals surface area (Å²) in [5, 5.41) is 0.446. The van der Waals surface area contributed by atoms with Crippen LogP contribution in [-0.4, -0.2) is 31.1 Å². The van der Waals surface area contributed by atoms with Gasteiger partial charge in [0.15, 0.2) is 11.4 Å². The molecule has 4 nitrogen and oxygen atoms in total. The Morgan fingerprint density at radius 2 is 2.17 bits per heavy atom. The van der Waals surface area contributed by atoms with Gasteiger partial charge in [-0.05, 0) is 55.7 Å². The third kappa shape index (κ3) is 2.79. The summed E-state index contributed by atoms with van der Waals surface area (Å²) in [6, 6.07) is 5.39. The van der Waals surface area contributed by atoms with E-state index in [0.717, 1.165) is 18.4 Å². The van der Waals surface area contributed by atoms with Crippen molar-refractivity contribution in [2.24, 2.45) is 5.92 Å². The number of ketones is 1. The van der Waals surface area contributed by atoms with Gasteiger partial charge in [-0.3, -0.25) is 9.59 Å². The SMILES string of the molecule is COCC1CCCC2(C1)OC(=O)C(c1c(C)cccc1Cl)C2=O. The van der Waals surface area contributed by atoms with Gasteiger partial charge in [0.25, 0.3) is 0 Å². The van der Waals surface area contributed by atoms with Crippen LogP contribution < -0.4 is 0 Å². The normalized spacial score (nSPS) is 30.7. The second-order valence-corrected chi connectivity index (χ2v) is 7.01. The minimum atomic E-state index is -0.991. The molecule has 1 aromatic carbocycles. The molecular weight excluding hydrogens is 316 g/mol. The fraction of sp³-hybridized carbons (Fsp3) is 0.556. The quantitative estimate of drug-likeness (QED) is 0.627. The van der Waals surface area contributed by atoms with E-state index in [1.807, 2.05) is 19.1 Å². The molecule has 23 heavy (non-hydrogen) atoms. The molecule has 0 radical (unpaired) electrons. The number of carbonyl (C=O) groups excluding carboxylic acids is 2. The zero-order valence-electron chi connectivity index (χ0n) is 13.4. The zero-order chi connectivity index (χ0) is 16.6. The van der Waals surface area contributed by atoms with Crippen LogP contribution in [0.3, 0.4) is 0 Å². The highest BCUT2D eigenvalue weighted by molar-refractivity contribution is 6.32. The number of carbonyl (C=O) groups is 2. The Hall–Kier alpha value is -1.39. The maximum absolute atomic E-state index is 13.1. The molecule has 3 atom stereocenters. The van der Waals surface area contributed by atoms with E-state index in [1.54, 1.807) is 13.2 Å². The Morgan fingerprint density at radius 1 is 1.39 bits per heavy atom. The predicted molar refractivity (Wildman–Crippen MR) is 86.6 cm³/mol. The molecule has 1 saturated heterocycles. The monoisotopic (exact) mass is 336 g/mol. The fourth-order valence-electron chi connectivity index (χ4n) is 3.97. The van der Waals surface area contributed by atoms with Gasteiger partial charge in [0.05, 0.1) is 0 Å². The molecule has 2 fully saturated rings. The number of Topliss-reactive ketones (excluding diaryl/α,β-unsaturated/α-hetero) is 1. The first kappa shape index (κ1) is 16.5. The van der Waals surface area contributed by atoms with Crippen LogP contribution in [0.4, 0.5) is 0 Å². The lowest BCUT2D eigenvalue weighted by Gasteiger charge is -2.35. The molecule has 3 unspecified atom stereocenters. The van der Waals surface area contributed by atoms with E-state index in [0.29, 0.717) is 30.0 Å². The van der Waals surface area contributed by atoms with Gasteiger partial charge in [-0.1, -0.05) is 23.7 Å². The van der Waals surface area contributed by atoms with E-state index < -0.39 is 17.5 Å². The Balaban J connectivity index is 1.94. The average molecular weight is 337 g/mol. The third-order valence-corrected chi connectivity index (χ3v) is 5.35. The number of halogens is 1. The van der Waals surface area contributed by atoms with Gasteiger partial charge < -0.3 is 9.47 Å². The van der Waals surface area contributed by atoms with Crippen LogP contribution in [0.25, 0.3) is 0 Å². The molecule has 1 heterocycles. The number of rotatable bonds is 3. The van der Waals surface area contributed by atoms with Crippen molar-refractivity contribution in [1.82, 2.24) is 0 Å². The van der Waals surface area contributed by atoms with Crippen LogP contribution in [0, 0.1) is 12.8 Å². The molecule has 1 saturated carbocycles. The molecule has 0 N–H and O–H groups in total. The van der Waals surface area contributed by atoms with Crippen LogP contribution in [0.15, 0.2) is 18.2 Å². The van der Waals surface area contributed by atoms with Crippen molar-refractivity contribution in [2.45, 2.75) is 44.1 Å². The van der Waals surface area contributed by atoms with Gasteiger partial charge in [-0.15, -0.1) is 0 Å². The van der Waals surface area contributed by atoms with E-state index in [2.05, 4.69) is 0 Å². The van der Waals surface area contributed by atoms with Crippen LogP contribution in [0.2, 0.25) is 5.02 Å². The summed E-state index contributed by atoms with van der Waals surface area (Å²) >= 11 is 6.27. The molecule has 3 rings (SSSR count). The smallest absolute Gasteiger partial charge is 0.322 e. The van der Waals surface area contributed by atoms with Gasteiger partial charge in [0.2, 0.25) is 0 Å². The molecule has 0 bridgehead atoms. The molecule has 5 heteroatoms. The molecule has 1 aliphatic heterocycles. The van der Waals surface area contributed by atoms with Crippen molar-refractivity contribution < 1.29 is 19.1 Å². The lowest BCUT2D eigenvalue weighted by Crippen LogP contribution is -2.43. The molecule has 1 aliphatic carbocycles. The topological polar surface area (TPSA) is 52.6 Å². The van der Waals surface area contributed by atoms with E-state index >= 15 is 0 Å². The molecule has 2 aliphatic rings. The third-order valence-electron chi connectivity index (χ3n) is 5.02. The minimum absolute atomic E-state index is 0.139. The Morgan fingerprint density at radius 3 is 2.87 bits per heavy atom. The molecule has 0 aromatic heterocycles. The van der Waals surface area contributed by atoms with Crippen LogP contribution in [0.5, 0.6) is 0 Å². The summed E-state index contributed by atoms with van der Waals surface area (Å²) in [5.41, 5.74) is 0.443. The first-order valence-electron chi connectivity index (χ1n) is 7.99. The predicted octanol–water partition coefficient (Wildman–Crippen LogP) is 3.43. The molecule has 124 valence electrons. The summed E-state index contributed by atoms with van der Waals surface area (Å²) in [6.07, 6.45) is 3.00. The number of benzene rings is 1. The zero-order valence-corrected chi connectivity index (χ0v) is 14.2. The van der Waals surface area contributed by atoms with Crippen molar-refractivity contribution in [3.8, 4) is 0 Å². The van der Waals surface area contributed by atoms with Crippen molar-refractivity contribution in [3.63, 3.8) is 0 Å². The molecule has 1 spiro atoms. The number of methoxy groups -OCH3 is 1. The standard InChI is InChI=1S/C18H21ClO4/c1-11-5-3-7-13(19)14(11)15-16(20)18(23-17(15)21)8-4-6-12(9-18)10-22-2/h3,5,7,12,15H,4,6,8-10H2,1-2H3. The van der Waals surface area contributed by atoms with Crippen molar-refractivity contribution in [2.75, 3.05) is 13.7 Å². The minimum Gasteiger partial charge on any atom is -0.450 e. The van der Waals surface area contributed by atoms with Gasteiger partial charge in [-0.25, -0.2) is 0 Å². The largest absolute Gasteiger partial charge is 0.450 e. The lowest BCUT2D eigenvalue weighted by molar-refractivity contribution is -0.157. The number of aryl methyl sites for hydroxylation is 1. The fourth-order valence-corrected chi connectivity index (χ4v) is 4.30. The van der Waals surface area contributed by atoms with E-state index in [4.69, 9.17) is 21.1 Å². The number of esters is 1. The maximum atomic E-state index is 13.1. The first-order chi connectivity index (χ1) is 11.0. The molecule has 0 amide bonds. The van der Waals surface area contributed by atoms with Crippen LogP contribution >= 0.6 is 11.6 Å². The summed E-state index contributed by atoms with van der Waals surface area (Å²) in [5.74, 6) is -1.26. The van der Waals surface area contributed by atoms with Crippen molar-refractivity contribution in [3.05, 3.63) is 34.3 Å². The summed E-state index contributed by atoms with van der Waals surface area (Å²) in [7, 11) is 1.65. The Kier molecular flexibility index (Phi) is 4.47. The average Bonchev–Trinajstić information content (AvgIpc) is 2.72. The van der Waals surface area contributed by atoms with Crippen LogP contribution in [-0.2, 0) is 19.1 Å². The maximum Gasteiger partial charge on any atom is 0.322 e. The van der Waals surface area contributed by atoms with Crippen molar-refractivity contribution >= 4 is 23.4 Å². The highest BCUT2D eigenvalue weighted by Crippen LogP contribution is 2.46. The second-order valence-electron chi connectivity index (χ2n) is 6.60. The van der Waals surface area contributed by atoms with Gasteiger partial charge >= 0.3 is 5.97 Å². The van der Waals surface area contributed by atoms with Crippen molar-refractivity contribution in [1.29, 1.82) is 0 Å². The summed E-state index contributed by atoms with van der Waals surface area (Å²) in [6.45, 7) is 2.45. The number of hydrogen-bond acceptors (Lipinski definition) is 4.